The van der Waals surface area contributed by atoms with E-state index in [1.807, 2.05) is 26.7 Å². The van der Waals surface area contributed by atoms with Crippen molar-refractivity contribution in [1.29, 1.82) is 0 Å². The maximum atomic E-state index is 8.00. The van der Waals surface area contributed by atoms with Gasteiger partial charge in [0, 0.05) is 13.7 Å². The maximum absolute atomic E-state index is 8.00. The van der Waals surface area contributed by atoms with Crippen molar-refractivity contribution < 1.29 is 9.53 Å². The van der Waals surface area contributed by atoms with Gasteiger partial charge in [-0.25, -0.2) is 0 Å². The van der Waals surface area contributed by atoms with Gasteiger partial charge in [-0.3, -0.25) is 4.67 Å². The summed E-state index contributed by atoms with van der Waals surface area (Å²) in [6.45, 7) is 11.1. The van der Waals surface area contributed by atoms with Crippen LogP contribution in [0.4, 0.5) is 0 Å². The minimum absolute atomic E-state index is 0.223. The standard InChI is InChI=1S/C12H20NOP.C2H6.CH2O/c1-12(2,14-3)13(15)10-9-11-7-5-4-6-8-11;2*1-2/h4-8H,9-10,15H2,1-3H3;1-2H3;1H2. The van der Waals surface area contributed by atoms with Crippen LogP contribution in [0.2, 0.25) is 0 Å². The van der Waals surface area contributed by atoms with Gasteiger partial charge in [-0.05, 0) is 25.8 Å². The van der Waals surface area contributed by atoms with Crippen molar-refractivity contribution in [3.63, 3.8) is 0 Å². The molecule has 0 saturated heterocycles. The van der Waals surface area contributed by atoms with E-state index in [0.717, 1.165) is 13.0 Å². The summed E-state index contributed by atoms with van der Waals surface area (Å²) in [5, 5.41) is 0. The molecule has 1 unspecified atom stereocenters. The SMILES string of the molecule is C=O.CC.COC(C)(C)N(P)CCc1ccccc1. The summed E-state index contributed by atoms with van der Waals surface area (Å²) in [4.78, 5) is 8.00. The molecule has 0 aliphatic heterocycles. The van der Waals surface area contributed by atoms with Gasteiger partial charge in [-0.15, -0.1) is 0 Å². The predicted octanol–water partition coefficient (Wildman–Crippen LogP) is 3.55. The van der Waals surface area contributed by atoms with Gasteiger partial charge in [0.15, 0.2) is 0 Å². The smallest absolute Gasteiger partial charge is 0.118 e. The first kappa shape index (κ1) is 20.6. The fraction of sp³-hybridized carbons (Fsp3) is 0.533. The number of carbonyl (C=O) groups is 1. The first-order valence-corrected chi connectivity index (χ1v) is 6.98. The van der Waals surface area contributed by atoms with E-state index in [4.69, 9.17) is 9.53 Å². The molecule has 0 spiro atoms. The molecule has 1 rings (SSSR count). The molecule has 0 amide bonds. The molecule has 19 heavy (non-hydrogen) atoms. The minimum Gasteiger partial charge on any atom is -0.364 e. The molecule has 0 aromatic heterocycles. The van der Waals surface area contributed by atoms with Crippen LogP contribution in [-0.4, -0.2) is 30.8 Å². The minimum atomic E-state index is -0.223. The molecule has 0 saturated carbocycles. The second-order valence-corrected chi connectivity index (χ2v) is 4.70. The molecule has 0 N–H and O–H groups in total. The Kier molecular flexibility index (Phi) is 13.3. The summed E-state index contributed by atoms with van der Waals surface area (Å²) in [5.74, 6) is 0. The molecule has 4 heteroatoms. The number of ether oxygens (including phenoxy) is 1. The van der Waals surface area contributed by atoms with Crippen LogP contribution in [0.5, 0.6) is 0 Å². The highest BCUT2D eigenvalue weighted by atomic mass is 31.0. The Morgan fingerprint density at radius 3 is 2.11 bits per heavy atom. The molecule has 3 nitrogen and oxygen atoms in total. The van der Waals surface area contributed by atoms with Gasteiger partial charge in [-0.1, -0.05) is 53.6 Å². The molecule has 1 aromatic carbocycles. The summed E-state index contributed by atoms with van der Waals surface area (Å²) in [6, 6.07) is 10.5. The number of methoxy groups -OCH3 is 1. The highest BCUT2D eigenvalue weighted by molar-refractivity contribution is 7.13. The second kappa shape index (κ2) is 12.3. The van der Waals surface area contributed by atoms with E-state index in [1.165, 1.54) is 5.56 Å². The van der Waals surface area contributed by atoms with Gasteiger partial charge >= 0.3 is 0 Å². The van der Waals surface area contributed by atoms with E-state index in [9.17, 15) is 0 Å². The van der Waals surface area contributed by atoms with Crippen LogP contribution in [0.1, 0.15) is 33.3 Å². The van der Waals surface area contributed by atoms with Crippen molar-refractivity contribution in [3.8, 4) is 0 Å². The topological polar surface area (TPSA) is 29.5 Å². The monoisotopic (exact) mass is 285 g/mol. The average molecular weight is 285 g/mol. The van der Waals surface area contributed by atoms with Crippen molar-refractivity contribution in [1.82, 2.24) is 4.67 Å². The van der Waals surface area contributed by atoms with Crippen LogP contribution in [0.25, 0.3) is 0 Å². The number of benzene rings is 1. The van der Waals surface area contributed by atoms with E-state index in [1.54, 1.807) is 7.11 Å². The number of hydrogen-bond donors (Lipinski definition) is 0. The van der Waals surface area contributed by atoms with Crippen LogP contribution < -0.4 is 0 Å². The molecule has 1 aromatic rings. The van der Waals surface area contributed by atoms with Crippen LogP contribution >= 0.6 is 9.39 Å². The summed E-state index contributed by atoms with van der Waals surface area (Å²) >= 11 is 0. The number of rotatable bonds is 5. The zero-order valence-electron chi connectivity index (χ0n) is 12.8. The molecule has 0 radical (unpaired) electrons. The molecule has 0 fully saturated rings. The molecule has 110 valence electrons. The molecule has 0 aliphatic rings. The van der Waals surface area contributed by atoms with E-state index in [-0.39, 0.29) is 5.72 Å². The Bertz CT molecular complexity index is 304. The highest BCUT2D eigenvalue weighted by Gasteiger charge is 2.21. The van der Waals surface area contributed by atoms with Gasteiger partial charge in [0.05, 0.1) is 0 Å². The lowest BCUT2D eigenvalue weighted by Crippen LogP contribution is -2.39. The quantitative estimate of drug-likeness (QED) is 0.612. The lowest BCUT2D eigenvalue weighted by molar-refractivity contribution is -0.0980. The summed E-state index contributed by atoms with van der Waals surface area (Å²) in [7, 11) is 4.46. The zero-order chi connectivity index (χ0) is 15.3. The van der Waals surface area contributed by atoms with Gasteiger partial charge in [-0.2, -0.15) is 0 Å². The van der Waals surface area contributed by atoms with Gasteiger partial charge in [0.1, 0.15) is 12.5 Å². The first-order valence-electron chi connectivity index (χ1n) is 6.46. The fourth-order valence-corrected chi connectivity index (χ4v) is 1.52. The summed E-state index contributed by atoms with van der Waals surface area (Å²) in [6.07, 6.45) is 1.04. The Hall–Kier alpha value is -0.760. The normalized spacial score (nSPS) is 10.1. The second-order valence-electron chi connectivity index (χ2n) is 4.08. The van der Waals surface area contributed by atoms with E-state index in [0.29, 0.717) is 0 Å². The summed E-state index contributed by atoms with van der Waals surface area (Å²) in [5.41, 5.74) is 1.14. The Morgan fingerprint density at radius 2 is 1.68 bits per heavy atom. The van der Waals surface area contributed by atoms with Crippen molar-refractivity contribution in [2.24, 2.45) is 0 Å². The van der Waals surface area contributed by atoms with Crippen LogP contribution in [0, 0.1) is 0 Å². The van der Waals surface area contributed by atoms with Crippen molar-refractivity contribution in [2.75, 3.05) is 13.7 Å². The van der Waals surface area contributed by atoms with Gasteiger partial charge < -0.3 is 9.53 Å². The van der Waals surface area contributed by atoms with E-state index < -0.39 is 0 Å². The molecular weight excluding hydrogens is 257 g/mol. The number of hydrogen-bond acceptors (Lipinski definition) is 3. The van der Waals surface area contributed by atoms with E-state index in [2.05, 4.69) is 52.2 Å². The number of nitrogens with zero attached hydrogens (tertiary/aromatic N) is 1. The van der Waals surface area contributed by atoms with Gasteiger partial charge in [0.2, 0.25) is 0 Å². The predicted molar refractivity (Wildman–Crippen MR) is 86.1 cm³/mol. The first-order chi connectivity index (χ1) is 9.06. The van der Waals surface area contributed by atoms with Crippen LogP contribution in [-0.2, 0) is 16.0 Å². The third-order valence-corrected chi connectivity index (χ3v) is 3.56. The van der Waals surface area contributed by atoms with Crippen LogP contribution in [0.15, 0.2) is 30.3 Å². The molecular formula is C15H28NO2P. The Labute approximate surface area is 120 Å². The average Bonchev–Trinajstić information content (AvgIpc) is 2.49. The molecule has 1 atom stereocenters. The zero-order valence-corrected chi connectivity index (χ0v) is 14.0. The molecule has 0 bridgehead atoms. The van der Waals surface area contributed by atoms with Crippen molar-refractivity contribution >= 4 is 16.2 Å². The lowest BCUT2D eigenvalue weighted by Gasteiger charge is -2.33. The Morgan fingerprint density at radius 1 is 1.21 bits per heavy atom. The van der Waals surface area contributed by atoms with Crippen molar-refractivity contribution in [3.05, 3.63) is 35.9 Å². The third-order valence-electron chi connectivity index (χ3n) is 2.68. The third kappa shape index (κ3) is 8.88. The fourth-order valence-electron chi connectivity index (χ4n) is 1.28. The van der Waals surface area contributed by atoms with Crippen molar-refractivity contribution in [2.45, 2.75) is 39.8 Å². The number of carbonyl (C=O) groups excluding carboxylic acids is 1. The largest absolute Gasteiger partial charge is 0.364 e. The maximum Gasteiger partial charge on any atom is 0.118 e. The lowest BCUT2D eigenvalue weighted by atomic mass is 10.1. The molecule has 0 heterocycles. The Balaban J connectivity index is 0. The molecule has 0 aliphatic carbocycles. The van der Waals surface area contributed by atoms with Gasteiger partial charge in [0.25, 0.3) is 0 Å². The van der Waals surface area contributed by atoms with Crippen LogP contribution in [0.3, 0.4) is 0 Å². The summed E-state index contributed by atoms with van der Waals surface area (Å²) < 4.78 is 7.53. The van der Waals surface area contributed by atoms with E-state index >= 15 is 0 Å². The highest BCUT2D eigenvalue weighted by Crippen LogP contribution is 2.19.